The van der Waals surface area contributed by atoms with Crippen molar-refractivity contribution in [2.45, 2.75) is 25.7 Å². The van der Waals surface area contributed by atoms with E-state index in [9.17, 15) is 4.39 Å². The molecule has 0 atom stereocenters. The molecule has 0 radical (unpaired) electrons. The first-order chi connectivity index (χ1) is 7.67. The van der Waals surface area contributed by atoms with Crippen molar-refractivity contribution in [1.82, 2.24) is 5.32 Å². The van der Waals surface area contributed by atoms with Crippen LogP contribution in [0.15, 0.2) is 24.3 Å². The number of benzene rings is 1. The Kier molecular flexibility index (Phi) is 2.12. The minimum absolute atomic E-state index is 0.0325. The molecule has 2 heteroatoms. The van der Waals surface area contributed by atoms with Gasteiger partial charge in [0.1, 0.15) is 5.82 Å². The molecule has 0 aromatic heterocycles. The van der Waals surface area contributed by atoms with E-state index < -0.39 is 0 Å². The van der Waals surface area contributed by atoms with Gasteiger partial charge in [-0.15, -0.1) is 0 Å². The van der Waals surface area contributed by atoms with E-state index in [1.807, 2.05) is 19.2 Å². The smallest absolute Gasteiger partial charge is 0.126 e. The highest BCUT2D eigenvalue weighted by atomic mass is 19.1. The molecule has 3 aliphatic carbocycles. The fraction of sp³-hybridized carbons (Fsp3) is 0.571. The van der Waals surface area contributed by atoms with Gasteiger partial charge in [-0.3, -0.25) is 0 Å². The zero-order chi connectivity index (χ0) is 11.2. The summed E-state index contributed by atoms with van der Waals surface area (Å²) in [5.74, 6) is -0.0325. The maximum absolute atomic E-state index is 13.5. The van der Waals surface area contributed by atoms with E-state index in [4.69, 9.17) is 0 Å². The lowest BCUT2D eigenvalue weighted by Gasteiger charge is -2.71. The molecule has 16 heavy (non-hydrogen) atoms. The summed E-state index contributed by atoms with van der Waals surface area (Å²) >= 11 is 0. The molecule has 1 aromatic carbocycles. The summed E-state index contributed by atoms with van der Waals surface area (Å²) in [5, 5.41) is 3.27. The molecule has 4 rings (SSSR count). The number of halogens is 1. The van der Waals surface area contributed by atoms with Crippen LogP contribution in [0.5, 0.6) is 0 Å². The van der Waals surface area contributed by atoms with Crippen molar-refractivity contribution in [2.24, 2.45) is 10.8 Å². The lowest BCUT2D eigenvalue weighted by Crippen LogP contribution is -2.65. The van der Waals surface area contributed by atoms with Gasteiger partial charge in [0.05, 0.1) is 0 Å². The third-order valence-electron chi connectivity index (χ3n) is 4.33. The van der Waals surface area contributed by atoms with Crippen LogP contribution in [0.2, 0.25) is 0 Å². The van der Waals surface area contributed by atoms with Crippen LogP contribution in [0.25, 0.3) is 0 Å². The van der Waals surface area contributed by atoms with E-state index >= 15 is 0 Å². The number of nitrogens with one attached hydrogen (secondary N) is 1. The SMILES string of the molecule is CNCC12CC(Cc3ccccc3F)(C1)C2. The minimum Gasteiger partial charge on any atom is -0.319 e. The molecule has 0 unspecified atom stereocenters. The Morgan fingerprint density at radius 1 is 1.19 bits per heavy atom. The summed E-state index contributed by atoms with van der Waals surface area (Å²) < 4.78 is 13.5. The van der Waals surface area contributed by atoms with Crippen molar-refractivity contribution in [3.63, 3.8) is 0 Å². The van der Waals surface area contributed by atoms with Gasteiger partial charge in [-0.25, -0.2) is 4.39 Å². The molecule has 3 aliphatic rings. The summed E-state index contributed by atoms with van der Waals surface area (Å²) in [4.78, 5) is 0. The second kappa shape index (κ2) is 3.30. The van der Waals surface area contributed by atoms with Crippen LogP contribution in [0.4, 0.5) is 4.39 Å². The molecule has 0 spiro atoms. The van der Waals surface area contributed by atoms with Crippen molar-refractivity contribution >= 4 is 0 Å². The van der Waals surface area contributed by atoms with Crippen molar-refractivity contribution in [2.75, 3.05) is 13.6 Å². The van der Waals surface area contributed by atoms with E-state index in [2.05, 4.69) is 5.32 Å². The van der Waals surface area contributed by atoms with E-state index in [1.165, 1.54) is 19.3 Å². The van der Waals surface area contributed by atoms with Crippen LogP contribution < -0.4 is 5.32 Å². The van der Waals surface area contributed by atoms with Crippen molar-refractivity contribution < 1.29 is 4.39 Å². The van der Waals surface area contributed by atoms with Crippen molar-refractivity contribution in [3.05, 3.63) is 35.6 Å². The fourth-order valence-electron chi connectivity index (χ4n) is 4.03. The van der Waals surface area contributed by atoms with Crippen molar-refractivity contribution in [3.8, 4) is 0 Å². The Bertz CT molecular complexity index is 393. The Morgan fingerprint density at radius 3 is 2.50 bits per heavy atom. The first kappa shape index (κ1) is 10.3. The molecule has 0 aliphatic heterocycles. The summed E-state index contributed by atoms with van der Waals surface area (Å²) in [6.45, 7) is 1.13. The summed E-state index contributed by atoms with van der Waals surface area (Å²) in [7, 11) is 2.02. The Balaban J connectivity index is 1.65. The van der Waals surface area contributed by atoms with Gasteiger partial charge in [-0.05, 0) is 55.2 Å². The molecule has 0 amide bonds. The average Bonchev–Trinajstić information content (AvgIpc) is 2.16. The van der Waals surface area contributed by atoms with Gasteiger partial charge in [0.25, 0.3) is 0 Å². The second-order valence-electron chi connectivity index (χ2n) is 5.83. The highest BCUT2D eigenvalue weighted by molar-refractivity contribution is 5.26. The number of hydrogen-bond acceptors (Lipinski definition) is 1. The van der Waals surface area contributed by atoms with Gasteiger partial charge in [0.2, 0.25) is 0 Å². The molecular formula is C14H18FN. The van der Waals surface area contributed by atoms with E-state index in [-0.39, 0.29) is 5.82 Å². The van der Waals surface area contributed by atoms with Crippen LogP contribution >= 0.6 is 0 Å². The van der Waals surface area contributed by atoms with Crippen molar-refractivity contribution in [1.29, 1.82) is 0 Å². The quantitative estimate of drug-likeness (QED) is 0.821. The molecule has 3 saturated carbocycles. The van der Waals surface area contributed by atoms with E-state index in [0.717, 1.165) is 18.5 Å². The zero-order valence-corrected chi connectivity index (χ0v) is 9.72. The number of hydrogen-bond donors (Lipinski definition) is 1. The third-order valence-corrected chi connectivity index (χ3v) is 4.33. The zero-order valence-electron chi connectivity index (χ0n) is 9.72. The maximum Gasteiger partial charge on any atom is 0.126 e. The van der Waals surface area contributed by atoms with E-state index in [1.54, 1.807) is 12.1 Å². The van der Waals surface area contributed by atoms with Gasteiger partial charge >= 0.3 is 0 Å². The molecule has 0 saturated heterocycles. The standard InChI is InChI=1S/C14H18FN/c1-16-10-14-7-13(8-14,9-14)6-11-4-2-3-5-12(11)15/h2-5,16H,6-10H2,1H3. The van der Waals surface area contributed by atoms with E-state index in [0.29, 0.717) is 10.8 Å². The second-order valence-corrected chi connectivity index (χ2v) is 5.83. The molecule has 2 bridgehead atoms. The molecule has 1 N–H and O–H groups in total. The van der Waals surface area contributed by atoms with Gasteiger partial charge in [0.15, 0.2) is 0 Å². The van der Waals surface area contributed by atoms with Crippen LogP contribution in [0.1, 0.15) is 24.8 Å². The van der Waals surface area contributed by atoms with Gasteiger partial charge < -0.3 is 5.32 Å². The summed E-state index contributed by atoms with van der Waals surface area (Å²) in [6, 6.07) is 7.21. The number of rotatable bonds is 4. The highest BCUT2D eigenvalue weighted by Crippen LogP contribution is 2.74. The van der Waals surface area contributed by atoms with Gasteiger partial charge in [-0.1, -0.05) is 18.2 Å². The molecule has 3 fully saturated rings. The normalized spacial score (nSPS) is 35.4. The lowest BCUT2D eigenvalue weighted by atomic mass is 9.34. The lowest BCUT2D eigenvalue weighted by molar-refractivity contribution is -0.198. The average molecular weight is 219 g/mol. The molecule has 0 heterocycles. The molecular weight excluding hydrogens is 201 g/mol. The first-order valence-corrected chi connectivity index (χ1v) is 6.05. The predicted molar refractivity (Wildman–Crippen MR) is 62.7 cm³/mol. The Hall–Kier alpha value is -0.890. The molecule has 1 aromatic rings. The maximum atomic E-state index is 13.5. The topological polar surface area (TPSA) is 12.0 Å². The Morgan fingerprint density at radius 2 is 1.88 bits per heavy atom. The van der Waals surface area contributed by atoms with Crippen LogP contribution in [-0.4, -0.2) is 13.6 Å². The van der Waals surface area contributed by atoms with Crippen LogP contribution in [0, 0.1) is 16.6 Å². The van der Waals surface area contributed by atoms with Gasteiger partial charge in [0, 0.05) is 6.54 Å². The minimum atomic E-state index is -0.0325. The third kappa shape index (κ3) is 1.40. The monoisotopic (exact) mass is 219 g/mol. The summed E-state index contributed by atoms with van der Waals surface area (Å²) in [5.41, 5.74) is 1.92. The highest BCUT2D eigenvalue weighted by Gasteiger charge is 2.66. The van der Waals surface area contributed by atoms with Crippen LogP contribution in [-0.2, 0) is 6.42 Å². The molecule has 86 valence electrons. The summed E-state index contributed by atoms with van der Waals surface area (Å²) in [6.07, 6.45) is 4.80. The largest absolute Gasteiger partial charge is 0.319 e. The predicted octanol–water partition coefficient (Wildman–Crippen LogP) is 2.76. The Labute approximate surface area is 96.1 Å². The van der Waals surface area contributed by atoms with Crippen LogP contribution in [0.3, 0.4) is 0 Å². The molecule has 1 nitrogen and oxygen atoms in total. The van der Waals surface area contributed by atoms with Gasteiger partial charge in [-0.2, -0.15) is 0 Å². The fourth-order valence-corrected chi connectivity index (χ4v) is 4.03. The first-order valence-electron chi connectivity index (χ1n) is 6.05.